The summed E-state index contributed by atoms with van der Waals surface area (Å²) in [5.41, 5.74) is 2.26. The van der Waals surface area contributed by atoms with E-state index in [-0.39, 0.29) is 5.82 Å². The van der Waals surface area contributed by atoms with E-state index in [9.17, 15) is 4.39 Å². The van der Waals surface area contributed by atoms with E-state index in [1.165, 1.54) is 37.7 Å². The summed E-state index contributed by atoms with van der Waals surface area (Å²) in [4.78, 5) is 0. The standard InChI is InChI=1S/C16H24FN/c1-12-6-4-3-5-7-16(12)18-11-14-8-9-15(17)10-13(14)2/h8-10,12,16,18H,3-7,11H2,1-2H3. The molecule has 2 atom stereocenters. The van der Waals surface area contributed by atoms with Gasteiger partial charge in [0.05, 0.1) is 0 Å². The monoisotopic (exact) mass is 249 g/mol. The summed E-state index contributed by atoms with van der Waals surface area (Å²) in [5.74, 6) is 0.618. The second-order valence-corrected chi connectivity index (χ2v) is 5.67. The number of rotatable bonds is 3. The summed E-state index contributed by atoms with van der Waals surface area (Å²) in [6.45, 7) is 5.19. The third-order valence-corrected chi connectivity index (χ3v) is 4.22. The molecule has 0 spiro atoms. The highest BCUT2D eigenvalue weighted by atomic mass is 19.1. The van der Waals surface area contributed by atoms with Crippen molar-refractivity contribution in [2.45, 2.75) is 58.5 Å². The molecule has 1 aliphatic carbocycles. The van der Waals surface area contributed by atoms with Crippen LogP contribution < -0.4 is 5.32 Å². The Morgan fingerprint density at radius 3 is 2.78 bits per heavy atom. The van der Waals surface area contributed by atoms with Gasteiger partial charge < -0.3 is 5.32 Å². The van der Waals surface area contributed by atoms with Crippen LogP contribution in [0.3, 0.4) is 0 Å². The number of hydrogen-bond donors (Lipinski definition) is 1. The van der Waals surface area contributed by atoms with E-state index in [0.29, 0.717) is 6.04 Å². The molecule has 1 N–H and O–H groups in total. The molecule has 0 aromatic heterocycles. The molecule has 2 unspecified atom stereocenters. The third kappa shape index (κ3) is 3.55. The van der Waals surface area contributed by atoms with Crippen LogP contribution in [0.5, 0.6) is 0 Å². The first-order valence-electron chi connectivity index (χ1n) is 7.15. The largest absolute Gasteiger partial charge is 0.310 e. The van der Waals surface area contributed by atoms with Crippen molar-refractivity contribution in [3.8, 4) is 0 Å². The quantitative estimate of drug-likeness (QED) is 0.792. The van der Waals surface area contributed by atoms with Crippen LogP contribution in [-0.2, 0) is 6.54 Å². The maximum absolute atomic E-state index is 13.0. The lowest BCUT2D eigenvalue weighted by Gasteiger charge is -2.23. The molecule has 1 aliphatic rings. The number of benzene rings is 1. The fourth-order valence-corrected chi connectivity index (χ4v) is 2.89. The summed E-state index contributed by atoms with van der Waals surface area (Å²) >= 11 is 0. The zero-order chi connectivity index (χ0) is 13.0. The predicted octanol–water partition coefficient (Wildman–Crippen LogP) is 4.19. The van der Waals surface area contributed by atoms with E-state index in [0.717, 1.165) is 18.0 Å². The molecule has 0 aliphatic heterocycles. The van der Waals surface area contributed by atoms with Gasteiger partial charge in [-0.3, -0.25) is 0 Å². The van der Waals surface area contributed by atoms with Gasteiger partial charge in [0, 0.05) is 12.6 Å². The Bertz CT molecular complexity index is 389. The lowest BCUT2D eigenvalue weighted by atomic mass is 9.96. The summed E-state index contributed by atoms with van der Waals surface area (Å²) in [5, 5.41) is 3.67. The fraction of sp³-hybridized carbons (Fsp3) is 0.625. The Kier molecular flexibility index (Phi) is 4.76. The molecule has 1 aromatic rings. The molecular weight excluding hydrogens is 225 g/mol. The Morgan fingerprint density at radius 1 is 1.22 bits per heavy atom. The molecule has 1 nitrogen and oxygen atoms in total. The van der Waals surface area contributed by atoms with Crippen molar-refractivity contribution < 1.29 is 4.39 Å². The first kappa shape index (κ1) is 13.5. The van der Waals surface area contributed by atoms with Crippen LogP contribution in [0.2, 0.25) is 0 Å². The summed E-state index contributed by atoms with van der Waals surface area (Å²) < 4.78 is 13.0. The Morgan fingerprint density at radius 2 is 2.00 bits per heavy atom. The van der Waals surface area contributed by atoms with Crippen LogP contribution in [0.1, 0.15) is 50.2 Å². The van der Waals surface area contributed by atoms with Gasteiger partial charge in [0.1, 0.15) is 5.82 Å². The second kappa shape index (κ2) is 6.33. The maximum atomic E-state index is 13.0. The topological polar surface area (TPSA) is 12.0 Å². The van der Waals surface area contributed by atoms with E-state index in [4.69, 9.17) is 0 Å². The van der Waals surface area contributed by atoms with Crippen LogP contribution >= 0.6 is 0 Å². The van der Waals surface area contributed by atoms with Crippen molar-refractivity contribution in [3.63, 3.8) is 0 Å². The molecule has 0 amide bonds. The van der Waals surface area contributed by atoms with Crippen LogP contribution in [0, 0.1) is 18.7 Å². The Hall–Kier alpha value is -0.890. The van der Waals surface area contributed by atoms with E-state index in [2.05, 4.69) is 12.2 Å². The SMILES string of the molecule is Cc1cc(F)ccc1CNC1CCCCCC1C. The number of halogens is 1. The average Bonchev–Trinajstić information content (AvgIpc) is 2.53. The molecule has 1 saturated carbocycles. The molecule has 0 bridgehead atoms. The van der Waals surface area contributed by atoms with Crippen LogP contribution in [0.4, 0.5) is 4.39 Å². The van der Waals surface area contributed by atoms with Crippen molar-refractivity contribution in [2.75, 3.05) is 0 Å². The molecule has 2 heteroatoms. The van der Waals surface area contributed by atoms with E-state index < -0.39 is 0 Å². The minimum Gasteiger partial charge on any atom is -0.310 e. The molecule has 2 rings (SSSR count). The van der Waals surface area contributed by atoms with Gasteiger partial charge in [-0.15, -0.1) is 0 Å². The summed E-state index contributed by atoms with van der Waals surface area (Å²) in [6.07, 6.45) is 6.69. The first-order chi connectivity index (χ1) is 8.66. The average molecular weight is 249 g/mol. The van der Waals surface area contributed by atoms with Gasteiger partial charge in [-0.25, -0.2) is 4.39 Å². The normalized spacial score (nSPS) is 24.8. The zero-order valence-corrected chi connectivity index (χ0v) is 11.5. The molecule has 0 heterocycles. The summed E-state index contributed by atoms with van der Waals surface area (Å²) in [6, 6.07) is 5.70. The minimum absolute atomic E-state index is 0.140. The summed E-state index contributed by atoms with van der Waals surface area (Å²) in [7, 11) is 0. The second-order valence-electron chi connectivity index (χ2n) is 5.67. The van der Waals surface area contributed by atoms with Crippen molar-refractivity contribution in [1.82, 2.24) is 5.32 Å². The van der Waals surface area contributed by atoms with Crippen LogP contribution in [0.15, 0.2) is 18.2 Å². The van der Waals surface area contributed by atoms with Crippen LogP contribution in [-0.4, -0.2) is 6.04 Å². The molecule has 18 heavy (non-hydrogen) atoms. The highest BCUT2D eigenvalue weighted by Crippen LogP contribution is 2.23. The minimum atomic E-state index is -0.140. The van der Waals surface area contributed by atoms with Gasteiger partial charge in [-0.05, 0) is 48.9 Å². The highest BCUT2D eigenvalue weighted by Gasteiger charge is 2.19. The van der Waals surface area contributed by atoms with E-state index >= 15 is 0 Å². The molecule has 0 radical (unpaired) electrons. The molecule has 100 valence electrons. The number of aryl methyl sites for hydroxylation is 1. The lowest BCUT2D eigenvalue weighted by molar-refractivity contribution is 0.356. The van der Waals surface area contributed by atoms with Crippen molar-refractivity contribution in [3.05, 3.63) is 35.1 Å². The van der Waals surface area contributed by atoms with Gasteiger partial charge >= 0.3 is 0 Å². The van der Waals surface area contributed by atoms with Crippen LogP contribution in [0.25, 0.3) is 0 Å². The van der Waals surface area contributed by atoms with Gasteiger partial charge in [0.15, 0.2) is 0 Å². The predicted molar refractivity (Wildman–Crippen MR) is 74.0 cm³/mol. The highest BCUT2D eigenvalue weighted by molar-refractivity contribution is 5.26. The lowest BCUT2D eigenvalue weighted by Crippen LogP contribution is -2.33. The number of hydrogen-bond acceptors (Lipinski definition) is 1. The third-order valence-electron chi connectivity index (χ3n) is 4.22. The fourth-order valence-electron chi connectivity index (χ4n) is 2.89. The van der Waals surface area contributed by atoms with Crippen molar-refractivity contribution >= 4 is 0 Å². The Balaban J connectivity index is 1.93. The smallest absolute Gasteiger partial charge is 0.123 e. The first-order valence-corrected chi connectivity index (χ1v) is 7.15. The maximum Gasteiger partial charge on any atom is 0.123 e. The molecule has 1 aromatic carbocycles. The molecule has 1 fully saturated rings. The molecular formula is C16H24FN. The van der Waals surface area contributed by atoms with Crippen molar-refractivity contribution in [1.29, 1.82) is 0 Å². The van der Waals surface area contributed by atoms with E-state index in [1.807, 2.05) is 13.0 Å². The van der Waals surface area contributed by atoms with Gasteiger partial charge in [0.25, 0.3) is 0 Å². The van der Waals surface area contributed by atoms with E-state index in [1.54, 1.807) is 12.1 Å². The van der Waals surface area contributed by atoms with Crippen molar-refractivity contribution in [2.24, 2.45) is 5.92 Å². The number of nitrogens with one attached hydrogen (secondary N) is 1. The molecule has 0 saturated heterocycles. The zero-order valence-electron chi connectivity index (χ0n) is 11.5. The van der Waals surface area contributed by atoms with Gasteiger partial charge in [0.2, 0.25) is 0 Å². The van der Waals surface area contributed by atoms with Gasteiger partial charge in [-0.1, -0.05) is 32.3 Å². The van der Waals surface area contributed by atoms with Gasteiger partial charge in [-0.2, -0.15) is 0 Å². The Labute approximate surface area is 110 Å².